The van der Waals surface area contributed by atoms with Gasteiger partial charge in [0.1, 0.15) is 0 Å². The van der Waals surface area contributed by atoms with Crippen molar-refractivity contribution in [1.29, 1.82) is 0 Å². The third kappa shape index (κ3) is 1.33. The minimum absolute atomic E-state index is 0.0266. The Morgan fingerprint density at radius 1 is 1.75 bits per heavy atom. The first kappa shape index (κ1) is 5.28. The van der Waals surface area contributed by atoms with Gasteiger partial charge in [-0.15, -0.1) is 0 Å². The molecule has 0 spiro atoms. The summed E-state index contributed by atoms with van der Waals surface area (Å²) in [7, 11) is 0. The zero-order valence-corrected chi connectivity index (χ0v) is 4.55. The fourth-order valence-corrected chi connectivity index (χ4v) is 0.592. The van der Waals surface area contributed by atoms with Crippen molar-refractivity contribution < 1.29 is 4.79 Å². The molecule has 0 atom stereocenters. The van der Waals surface area contributed by atoms with Crippen molar-refractivity contribution >= 4 is 12.1 Å². The fraction of sp³-hybridized carbons (Fsp3) is 0.600. The molecule has 3 nitrogen and oxygen atoms in total. The second-order valence-electron chi connectivity index (χ2n) is 1.74. The molecule has 0 saturated carbocycles. The number of hydrogen-bond acceptors (Lipinski definition) is 2. The van der Waals surface area contributed by atoms with E-state index in [-0.39, 0.29) is 5.91 Å². The number of amides is 1. The first-order valence-electron chi connectivity index (χ1n) is 2.70. The maximum Gasteiger partial charge on any atom is 0.240 e. The fourth-order valence-electron chi connectivity index (χ4n) is 0.592. The van der Waals surface area contributed by atoms with Crippen LogP contribution in [0.2, 0.25) is 0 Å². The number of nitrogens with zero attached hydrogens (tertiary/aromatic N) is 1. The normalized spacial score (nSPS) is 19.8. The van der Waals surface area contributed by atoms with E-state index in [1.165, 1.54) is 0 Å². The highest BCUT2D eigenvalue weighted by atomic mass is 16.2. The van der Waals surface area contributed by atoms with Crippen molar-refractivity contribution in [2.45, 2.75) is 19.3 Å². The SMILES string of the molecule is O=C1CCCC=NN1. The minimum Gasteiger partial charge on any atom is -0.273 e. The Morgan fingerprint density at radius 3 is 3.50 bits per heavy atom. The molecule has 44 valence electrons. The number of hydrogen-bond donors (Lipinski definition) is 1. The molecule has 0 saturated heterocycles. The van der Waals surface area contributed by atoms with Crippen molar-refractivity contribution in [2.24, 2.45) is 5.10 Å². The van der Waals surface area contributed by atoms with Crippen molar-refractivity contribution in [2.75, 3.05) is 0 Å². The van der Waals surface area contributed by atoms with E-state index in [9.17, 15) is 4.79 Å². The van der Waals surface area contributed by atoms with Crippen LogP contribution < -0.4 is 5.43 Å². The predicted octanol–water partition coefficient (Wildman–Crippen LogP) is 0.272. The Kier molecular flexibility index (Phi) is 1.62. The number of carbonyl (C=O) groups excluding carboxylic acids is 1. The quantitative estimate of drug-likeness (QED) is 0.480. The van der Waals surface area contributed by atoms with Gasteiger partial charge in [-0.1, -0.05) is 0 Å². The maximum atomic E-state index is 10.5. The van der Waals surface area contributed by atoms with Crippen molar-refractivity contribution in [1.82, 2.24) is 5.43 Å². The summed E-state index contributed by atoms with van der Waals surface area (Å²) in [5.74, 6) is 0.0266. The molecule has 0 fully saturated rings. The van der Waals surface area contributed by atoms with Crippen LogP contribution in [0.15, 0.2) is 5.10 Å². The topological polar surface area (TPSA) is 41.5 Å². The summed E-state index contributed by atoms with van der Waals surface area (Å²) in [6.07, 6.45) is 4.18. The van der Waals surface area contributed by atoms with Gasteiger partial charge >= 0.3 is 0 Å². The minimum atomic E-state index is 0.0266. The molecule has 1 N–H and O–H groups in total. The first-order chi connectivity index (χ1) is 3.89. The van der Waals surface area contributed by atoms with Gasteiger partial charge in [-0.25, -0.2) is 5.43 Å². The van der Waals surface area contributed by atoms with Gasteiger partial charge in [-0.05, 0) is 12.8 Å². The highest BCUT2D eigenvalue weighted by Crippen LogP contribution is 1.95. The molecule has 0 aromatic carbocycles. The van der Waals surface area contributed by atoms with Crippen LogP contribution in [0.4, 0.5) is 0 Å². The summed E-state index contributed by atoms with van der Waals surface area (Å²) in [5, 5.41) is 3.63. The van der Waals surface area contributed by atoms with Gasteiger partial charge < -0.3 is 0 Å². The summed E-state index contributed by atoms with van der Waals surface area (Å²) in [5.41, 5.74) is 2.38. The lowest BCUT2D eigenvalue weighted by Gasteiger charge is -1.89. The van der Waals surface area contributed by atoms with Gasteiger partial charge in [-0.2, -0.15) is 5.10 Å². The van der Waals surface area contributed by atoms with Crippen LogP contribution in [0.3, 0.4) is 0 Å². The summed E-state index contributed by atoms with van der Waals surface area (Å²) >= 11 is 0. The Hall–Kier alpha value is -0.860. The van der Waals surface area contributed by atoms with Crippen LogP contribution in [0.1, 0.15) is 19.3 Å². The summed E-state index contributed by atoms with van der Waals surface area (Å²) in [4.78, 5) is 10.5. The van der Waals surface area contributed by atoms with Crippen LogP contribution in [0, 0.1) is 0 Å². The van der Waals surface area contributed by atoms with Gasteiger partial charge in [0.15, 0.2) is 0 Å². The monoisotopic (exact) mass is 112 g/mol. The van der Waals surface area contributed by atoms with E-state index in [1.54, 1.807) is 6.21 Å². The molecule has 1 rings (SSSR count). The molecule has 1 heterocycles. The van der Waals surface area contributed by atoms with Gasteiger partial charge in [0.2, 0.25) is 5.91 Å². The molecule has 8 heavy (non-hydrogen) atoms. The van der Waals surface area contributed by atoms with Gasteiger partial charge in [0.05, 0.1) is 0 Å². The maximum absolute atomic E-state index is 10.5. The average molecular weight is 112 g/mol. The third-order valence-corrected chi connectivity index (χ3v) is 1.02. The van der Waals surface area contributed by atoms with Crippen LogP contribution in [-0.2, 0) is 4.79 Å². The van der Waals surface area contributed by atoms with E-state index in [1.807, 2.05) is 0 Å². The standard InChI is InChI=1S/C5H8N2O/c8-5-3-1-2-4-6-7-5/h4H,1-3H2,(H,7,8). The van der Waals surface area contributed by atoms with Crippen LogP contribution in [0.5, 0.6) is 0 Å². The predicted molar refractivity (Wildman–Crippen MR) is 30.5 cm³/mol. The Labute approximate surface area is 47.8 Å². The van der Waals surface area contributed by atoms with Gasteiger partial charge in [0, 0.05) is 12.6 Å². The molecule has 0 bridgehead atoms. The lowest BCUT2D eigenvalue weighted by atomic mass is 10.2. The van der Waals surface area contributed by atoms with Crippen LogP contribution in [0.25, 0.3) is 0 Å². The second kappa shape index (κ2) is 2.45. The summed E-state index contributed by atoms with van der Waals surface area (Å²) in [6, 6.07) is 0. The van der Waals surface area contributed by atoms with Crippen LogP contribution >= 0.6 is 0 Å². The van der Waals surface area contributed by atoms with Gasteiger partial charge in [0.25, 0.3) is 0 Å². The van der Waals surface area contributed by atoms with E-state index < -0.39 is 0 Å². The molecule has 1 aliphatic heterocycles. The van der Waals surface area contributed by atoms with Crippen molar-refractivity contribution in [3.8, 4) is 0 Å². The van der Waals surface area contributed by atoms with Crippen molar-refractivity contribution in [3.05, 3.63) is 0 Å². The van der Waals surface area contributed by atoms with Crippen molar-refractivity contribution in [3.63, 3.8) is 0 Å². The highest BCUT2D eigenvalue weighted by molar-refractivity contribution is 5.78. The highest BCUT2D eigenvalue weighted by Gasteiger charge is 1.99. The molecule has 1 amide bonds. The molecule has 0 aromatic rings. The van der Waals surface area contributed by atoms with E-state index in [4.69, 9.17) is 0 Å². The Bertz CT molecular complexity index is 120. The second-order valence-corrected chi connectivity index (χ2v) is 1.74. The third-order valence-electron chi connectivity index (χ3n) is 1.02. The van der Waals surface area contributed by atoms with E-state index in [2.05, 4.69) is 10.5 Å². The summed E-state index contributed by atoms with van der Waals surface area (Å²) < 4.78 is 0. The Morgan fingerprint density at radius 2 is 2.62 bits per heavy atom. The molecular weight excluding hydrogens is 104 g/mol. The Balaban J connectivity index is 2.41. The van der Waals surface area contributed by atoms with E-state index in [0.717, 1.165) is 12.8 Å². The molecule has 0 radical (unpaired) electrons. The summed E-state index contributed by atoms with van der Waals surface area (Å²) in [6.45, 7) is 0. The largest absolute Gasteiger partial charge is 0.273 e. The molecule has 0 aliphatic carbocycles. The molecule has 0 unspecified atom stereocenters. The lowest BCUT2D eigenvalue weighted by molar-refractivity contribution is -0.120. The first-order valence-corrected chi connectivity index (χ1v) is 2.70. The van der Waals surface area contributed by atoms with Crippen LogP contribution in [-0.4, -0.2) is 12.1 Å². The molecule has 0 aromatic heterocycles. The van der Waals surface area contributed by atoms with Gasteiger partial charge in [-0.3, -0.25) is 4.79 Å². The number of hydrazone groups is 1. The average Bonchev–Trinajstić information content (AvgIpc) is 1.94. The molecular formula is C5H8N2O. The van der Waals surface area contributed by atoms with E-state index >= 15 is 0 Å². The molecule has 3 heteroatoms. The zero-order valence-electron chi connectivity index (χ0n) is 4.55. The number of nitrogens with one attached hydrogen (secondary N) is 1. The lowest BCUT2D eigenvalue weighted by Crippen LogP contribution is -2.14. The smallest absolute Gasteiger partial charge is 0.240 e. The molecule has 1 aliphatic rings. The number of rotatable bonds is 0. The zero-order chi connectivity index (χ0) is 5.82. The number of carbonyl (C=O) groups is 1. The van der Waals surface area contributed by atoms with E-state index in [0.29, 0.717) is 6.42 Å².